The number of fused-ring (bicyclic) bond motifs is 1. The number of hydrogen-bond donors (Lipinski definition) is 2. The summed E-state index contributed by atoms with van der Waals surface area (Å²) in [6.07, 6.45) is 1.53. The molecule has 3 rings (SSSR count). The largest absolute Gasteiger partial charge is 0.497 e. The van der Waals surface area contributed by atoms with Gasteiger partial charge in [0.1, 0.15) is 22.7 Å². The maximum absolute atomic E-state index is 9.37. The highest BCUT2D eigenvalue weighted by molar-refractivity contribution is 7.19. The van der Waals surface area contributed by atoms with E-state index in [0.29, 0.717) is 13.1 Å². The molecule has 2 N–H and O–H groups in total. The fraction of sp³-hybridized carbons (Fsp3) is 0.333. The van der Waals surface area contributed by atoms with Gasteiger partial charge in [-0.1, -0.05) is 12.1 Å². The first-order valence-electron chi connectivity index (χ1n) is 8.04. The molecule has 2 heterocycles. The summed E-state index contributed by atoms with van der Waals surface area (Å²) in [5.74, 6) is 1.54. The Balaban J connectivity index is 2.19. The van der Waals surface area contributed by atoms with Crippen LogP contribution in [0.2, 0.25) is 0 Å². The van der Waals surface area contributed by atoms with Crippen molar-refractivity contribution in [3.63, 3.8) is 0 Å². The summed E-state index contributed by atoms with van der Waals surface area (Å²) in [4.78, 5) is 12.8. The van der Waals surface area contributed by atoms with Crippen LogP contribution in [0.4, 0.5) is 5.82 Å². The van der Waals surface area contributed by atoms with Gasteiger partial charge in [-0.05, 0) is 24.6 Å². The Morgan fingerprint density at radius 1 is 1.08 bits per heavy atom. The number of thiophene rings is 1. The van der Waals surface area contributed by atoms with Crippen LogP contribution in [0.5, 0.6) is 5.75 Å². The van der Waals surface area contributed by atoms with Gasteiger partial charge in [0.15, 0.2) is 0 Å². The molecule has 0 bridgehead atoms. The number of methoxy groups -OCH3 is 1. The monoisotopic (exact) mass is 359 g/mol. The van der Waals surface area contributed by atoms with E-state index in [1.54, 1.807) is 18.4 Å². The summed E-state index contributed by atoms with van der Waals surface area (Å²) in [7, 11) is 1.65. The lowest BCUT2D eigenvalue weighted by Gasteiger charge is -2.22. The lowest BCUT2D eigenvalue weighted by molar-refractivity contribution is 0.281. The van der Waals surface area contributed by atoms with Crippen molar-refractivity contribution >= 4 is 27.4 Å². The maximum Gasteiger partial charge on any atom is 0.141 e. The minimum absolute atomic E-state index is 0.00746. The highest BCUT2D eigenvalue weighted by atomic mass is 32.1. The summed E-state index contributed by atoms with van der Waals surface area (Å²) in [5.41, 5.74) is 2.15. The molecule has 2 aromatic heterocycles. The van der Waals surface area contributed by atoms with Crippen LogP contribution in [0.1, 0.15) is 4.88 Å². The first-order valence-corrected chi connectivity index (χ1v) is 8.86. The number of aryl methyl sites for hydroxylation is 1. The van der Waals surface area contributed by atoms with Crippen LogP contribution >= 0.6 is 11.3 Å². The summed E-state index contributed by atoms with van der Waals surface area (Å²) in [6, 6.07) is 7.90. The van der Waals surface area contributed by atoms with E-state index in [2.05, 4.69) is 16.9 Å². The van der Waals surface area contributed by atoms with Gasteiger partial charge in [-0.3, -0.25) is 0 Å². The second kappa shape index (κ2) is 7.77. The zero-order chi connectivity index (χ0) is 17.8. The molecule has 0 saturated carbocycles. The van der Waals surface area contributed by atoms with E-state index in [4.69, 9.17) is 4.74 Å². The fourth-order valence-corrected chi connectivity index (χ4v) is 3.95. The zero-order valence-corrected chi connectivity index (χ0v) is 15.1. The lowest BCUT2D eigenvalue weighted by atomic mass is 10.0. The van der Waals surface area contributed by atoms with E-state index < -0.39 is 0 Å². The number of rotatable bonds is 7. The lowest BCUT2D eigenvalue weighted by Crippen LogP contribution is -2.30. The van der Waals surface area contributed by atoms with Gasteiger partial charge in [-0.15, -0.1) is 11.3 Å². The molecule has 7 heteroatoms. The Bertz CT molecular complexity index is 843. The van der Waals surface area contributed by atoms with E-state index in [1.807, 2.05) is 29.2 Å². The average molecular weight is 359 g/mol. The normalized spacial score (nSPS) is 11.0. The predicted octanol–water partition coefficient (Wildman–Crippen LogP) is 2.47. The smallest absolute Gasteiger partial charge is 0.141 e. The first kappa shape index (κ1) is 17.6. The van der Waals surface area contributed by atoms with E-state index in [1.165, 1.54) is 6.33 Å². The number of aromatic nitrogens is 2. The van der Waals surface area contributed by atoms with Crippen molar-refractivity contribution in [2.24, 2.45) is 0 Å². The molecule has 6 nitrogen and oxygen atoms in total. The third-order valence-corrected chi connectivity index (χ3v) is 5.08. The van der Waals surface area contributed by atoms with Gasteiger partial charge in [0.05, 0.1) is 25.7 Å². The number of nitrogens with zero attached hydrogens (tertiary/aromatic N) is 3. The molecule has 132 valence electrons. The van der Waals surface area contributed by atoms with E-state index in [0.717, 1.165) is 37.8 Å². The van der Waals surface area contributed by atoms with Gasteiger partial charge < -0.3 is 19.8 Å². The molecule has 0 radical (unpaired) electrons. The highest BCUT2D eigenvalue weighted by Gasteiger charge is 2.20. The Morgan fingerprint density at radius 3 is 2.36 bits per heavy atom. The average Bonchev–Trinajstić information content (AvgIpc) is 2.97. The molecule has 0 spiro atoms. The predicted molar refractivity (Wildman–Crippen MR) is 101 cm³/mol. The Kier molecular flexibility index (Phi) is 5.47. The minimum Gasteiger partial charge on any atom is -0.497 e. The number of ether oxygens (including phenoxy) is 1. The highest BCUT2D eigenvalue weighted by Crippen LogP contribution is 2.41. The number of benzene rings is 1. The van der Waals surface area contributed by atoms with Gasteiger partial charge in [0, 0.05) is 23.5 Å². The fourth-order valence-electron chi connectivity index (χ4n) is 2.94. The second-order valence-electron chi connectivity index (χ2n) is 5.57. The molecular formula is C18H21N3O3S. The summed E-state index contributed by atoms with van der Waals surface area (Å²) < 4.78 is 5.24. The van der Waals surface area contributed by atoms with Crippen LogP contribution in [0.3, 0.4) is 0 Å². The molecule has 0 amide bonds. The summed E-state index contributed by atoms with van der Waals surface area (Å²) in [5, 5.41) is 19.7. The Hall–Kier alpha value is -2.22. The van der Waals surface area contributed by atoms with Gasteiger partial charge in [-0.25, -0.2) is 9.97 Å². The second-order valence-corrected chi connectivity index (χ2v) is 6.78. The van der Waals surface area contributed by atoms with Crippen molar-refractivity contribution in [1.82, 2.24) is 9.97 Å². The third-order valence-electron chi connectivity index (χ3n) is 4.06. The molecule has 1 aromatic carbocycles. The van der Waals surface area contributed by atoms with Gasteiger partial charge in [-0.2, -0.15) is 0 Å². The van der Waals surface area contributed by atoms with Crippen LogP contribution < -0.4 is 9.64 Å². The Morgan fingerprint density at radius 2 is 1.76 bits per heavy atom. The Labute approximate surface area is 150 Å². The van der Waals surface area contributed by atoms with Crippen molar-refractivity contribution in [1.29, 1.82) is 0 Å². The summed E-state index contributed by atoms with van der Waals surface area (Å²) in [6.45, 7) is 2.87. The molecular weight excluding hydrogens is 338 g/mol. The quantitative estimate of drug-likeness (QED) is 0.675. The molecule has 0 aliphatic heterocycles. The van der Waals surface area contributed by atoms with E-state index in [-0.39, 0.29) is 13.2 Å². The van der Waals surface area contributed by atoms with Crippen molar-refractivity contribution in [2.45, 2.75) is 6.92 Å². The van der Waals surface area contributed by atoms with Crippen LogP contribution in [-0.2, 0) is 0 Å². The molecule has 0 atom stereocenters. The first-order chi connectivity index (χ1) is 12.2. The number of aliphatic hydroxyl groups is 2. The van der Waals surface area contributed by atoms with Gasteiger partial charge in [0.2, 0.25) is 0 Å². The topological polar surface area (TPSA) is 78.7 Å². The van der Waals surface area contributed by atoms with Gasteiger partial charge in [0.25, 0.3) is 0 Å². The molecule has 0 aliphatic rings. The van der Waals surface area contributed by atoms with Crippen molar-refractivity contribution in [2.75, 3.05) is 38.3 Å². The van der Waals surface area contributed by atoms with Crippen LogP contribution in [0, 0.1) is 6.92 Å². The molecule has 3 aromatic rings. The van der Waals surface area contributed by atoms with E-state index in [9.17, 15) is 10.2 Å². The SMILES string of the molecule is COc1ccc(-c2c(C)sc3ncnc(N(CCO)CCO)c23)cc1. The van der Waals surface area contributed by atoms with E-state index >= 15 is 0 Å². The molecule has 25 heavy (non-hydrogen) atoms. The van der Waals surface area contributed by atoms with Crippen LogP contribution in [-0.4, -0.2) is 53.6 Å². The summed E-state index contributed by atoms with van der Waals surface area (Å²) >= 11 is 1.62. The maximum atomic E-state index is 9.37. The molecule has 0 aliphatic carbocycles. The van der Waals surface area contributed by atoms with Crippen molar-refractivity contribution < 1.29 is 14.9 Å². The van der Waals surface area contributed by atoms with Crippen LogP contribution in [0.15, 0.2) is 30.6 Å². The molecule has 0 unspecified atom stereocenters. The molecule has 0 saturated heterocycles. The van der Waals surface area contributed by atoms with Crippen LogP contribution in [0.25, 0.3) is 21.3 Å². The standard InChI is InChI=1S/C18H21N3O3S/c1-12-15(13-3-5-14(24-2)6-4-13)16-17(19-11-20-18(16)25-12)21(7-9-22)8-10-23/h3-6,11,22-23H,7-10H2,1-2H3. The number of anilines is 1. The third kappa shape index (κ3) is 3.44. The molecule has 0 fully saturated rings. The van der Waals surface area contributed by atoms with Crippen molar-refractivity contribution in [3.05, 3.63) is 35.5 Å². The minimum atomic E-state index is -0.00746. The number of aliphatic hydroxyl groups excluding tert-OH is 2. The van der Waals surface area contributed by atoms with Gasteiger partial charge >= 0.3 is 0 Å². The van der Waals surface area contributed by atoms with Crippen molar-refractivity contribution in [3.8, 4) is 16.9 Å². The number of hydrogen-bond acceptors (Lipinski definition) is 7. The zero-order valence-electron chi connectivity index (χ0n) is 14.3.